The molecule has 0 saturated carbocycles. The van der Waals surface area contributed by atoms with Crippen LogP contribution in [0.15, 0.2) is 45.2 Å². The Morgan fingerprint density at radius 2 is 1.28 bits per heavy atom. The maximum Gasteiger partial charge on any atom is 0.253 e. The molecule has 0 heterocycles. The van der Waals surface area contributed by atoms with Gasteiger partial charge in [-0.1, -0.05) is 22.9 Å². The van der Waals surface area contributed by atoms with Gasteiger partial charge in [0.05, 0.1) is 5.69 Å². The van der Waals surface area contributed by atoms with Crippen LogP contribution in [0.4, 0.5) is 5.69 Å². The maximum absolute atomic E-state index is 9.47. The number of aryl methyl sites for hydroxylation is 2. The van der Waals surface area contributed by atoms with Gasteiger partial charge >= 0.3 is 0 Å². The predicted octanol–water partition coefficient (Wildman–Crippen LogP) is 5.01. The van der Waals surface area contributed by atoms with Crippen molar-refractivity contribution in [2.45, 2.75) is 34.5 Å². The summed E-state index contributed by atoms with van der Waals surface area (Å²) in [6.07, 6.45) is 0. The highest BCUT2D eigenvalue weighted by Gasteiger charge is 2.36. The van der Waals surface area contributed by atoms with Crippen molar-refractivity contribution >= 4 is 17.4 Å². The van der Waals surface area contributed by atoms with Crippen molar-refractivity contribution in [3.63, 3.8) is 0 Å². The summed E-state index contributed by atoms with van der Waals surface area (Å²) in [7, 11) is 0. The molecule has 2 rings (SSSR count). The molecule has 0 saturated heterocycles. The van der Waals surface area contributed by atoms with Gasteiger partial charge in [0.15, 0.2) is 0 Å². The normalized spacial score (nSPS) is 10.1. The molecule has 0 spiro atoms. The van der Waals surface area contributed by atoms with E-state index >= 15 is 0 Å². The van der Waals surface area contributed by atoms with Gasteiger partial charge in [0.1, 0.15) is 36.4 Å². The second-order valence-corrected chi connectivity index (χ2v) is 7.69. The van der Waals surface area contributed by atoms with Crippen LogP contribution in [0.5, 0.6) is 0 Å². The zero-order valence-electron chi connectivity index (χ0n) is 16.8. The van der Waals surface area contributed by atoms with Gasteiger partial charge in [-0.2, -0.15) is 31.6 Å². The molecule has 2 aromatic carbocycles. The maximum atomic E-state index is 9.47. The number of benzene rings is 2. The summed E-state index contributed by atoms with van der Waals surface area (Å²) < 4.78 is 0. The van der Waals surface area contributed by atoms with Gasteiger partial charge in [-0.25, -0.2) is 0 Å². The summed E-state index contributed by atoms with van der Waals surface area (Å²) in [4.78, 5) is 3.66. The molecule has 9 nitrogen and oxygen atoms in total. The number of rotatable bonds is 5. The van der Waals surface area contributed by atoms with Crippen LogP contribution in [0.25, 0.3) is 10.4 Å². The van der Waals surface area contributed by atoms with Gasteiger partial charge in [-0.05, 0) is 54.8 Å². The standard InChI is InChI=1S/C22H11N9S/c1-14-3-4-16(6-17(14)21(8-23,9-24)10-25)32-20-7-18(22(11-26,12-27)13-28)15(2)5-19(20)30-31-29/h3-7H,1-2H3. The molecule has 0 amide bonds. The van der Waals surface area contributed by atoms with Gasteiger partial charge in [0.2, 0.25) is 0 Å². The Labute approximate surface area is 188 Å². The fourth-order valence-electron chi connectivity index (χ4n) is 2.99. The smallest absolute Gasteiger partial charge is 0.195 e. The van der Waals surface area contributed by atoms with Crippen molar-refractivity contribution in [2.75, 3.05) is 0 Å². The highest BCUT2D eigenvalue weighted by Crippen LogP contribution is 2.41. The lowest BCUT2D eigenvalue weighted by Gasteiger charge is -2.18. The van der Waals surface area contributed by atoms with Gasteiger partial charge in [0, 0.05) is 25.8 Å². The first-order valence-corrected chi connectivity index (χ1v) is 9.58. The van der Waals surface area contributed by atoms with Crippen molar-refractivity contribution in [2.24, 2.45) is 5.11 Å². The molecule has 0 aliphatic rings. The molecule has 0 N–H and O–H groups in total. The van der Waals surface area contributed by atoms with Crippen LogP contribution in [0.3, 0.4) is 0 Å². The first-order chi connectivity index (χ1) is 15.3. The summed E-state index contributed by atoms with van der Waals surface area (Å²) in [6, 6.07) is 18.2. The lowest BCUT2D eigenvalue weighted by Crippen LogP contribution is -2.21. The summed E-state index contributed by atoms with van der Waals surface area (Å²) in [5.74, 6) is 0. The third-order valence-electron chi connectivity index (χ3n) is 4.71. The minimum Gasteiger partial charge on any atom is -0.195 e. The number of nitriles is 6. The van der Waals surface area contributed by atoms with Crippen LogP contribution in [-0.2, 0) is 10.8 Å². The molecule has 150 valence electrons. The molecule has 2 aromatic rings. The van der Waals surface area contributed by atoms with Crippen LogP contribution in [-0.4, -0.2) is 0 Å². The van der Waals surface area contributed by atoms with Gasteiger partial charge in [0.25, 0.3) is 10.8 Å². The third-order valence-corrected chi connectivity index (χ3v) is 5.75. The lowest BCUT2D eigenvalue weighted by molar-refractivity contribution is 0.885. The van der Waals surface area contributed by atoms with E-state index in [4.69, 9.17) is 5.53 Å². The third kappa shape index (κ3) is 3.88. The van der Waals surface area contributed by atoms with Crippen molar-refractivity contribution in [3.05, 3.63) is 63.0 Å². The van der Waals surface area contributed by atoms with Crippen molar-refractivity contribution in [1.82, 2.24) is 0 Å². The average molecular weight is 433 g/mol. The second-order valence-electron chi connectivity index (χ2n) is 6.57. The van der Waals surface area contributed by atoms with E-state index in [-0.39, 0.29) is 16.8 Å². The monoisotopic (exact) mass is 433 g/mol. The fourth-order valence-corrected chi connectivity index (χ4v) is 3.94. The highest BCUT2D eigenvalue weighted by atomic mass is 32.2. The van der Waals surface area contributed by atoms with Gasteiger partial charge < -0.3 is 0 Å². The molecule has 0 radical (unpaired) electrons. The zero-order valence-corrected chi connectivity index (χ0v) is 17.6. The lowest BCUT2D eigenvalue weighted by atomic mass is 9.82. The van der Waals surface area contributed by atoms with Crippen LogP contribution < -0.4 is 0 Å². The fraction of sp³-hybridized carbons (Fsp3) is 0.182. The number of nitrogens with zero attached hydrogens (tertiary/aromatic N) is 9. The van der Waals surface area contributed by atoms with E-state index in [0.29, 0.717) is 20.9 Å². The minimum atomic E-state index is -2.05. The molecule has 0 unspecified atom stereocenters. The van der Waals surface area contributed by atoms with Crippen molar-refractivity contribution in [3.8, 4) is 36.4 Å². The van der Waals surface area contributed by atoms with Crippen LogP contribution in [0.1, 0.15) is 22.3 Å². The van der Waals surface area contributed by atoms with Crippen molar-refractivity contribution < 1.29 is 0 Å². The largest absolute Gasteiger partial charge is 0.253 e. The Morgan fingerprint density at radius 3 is 1.75 bits per heavy atom. The van der Waals surface area contributed by atoms with E-state index in [9.17, 15) is 31.6 Å². The summed E-state index contributed by atoms with van der Waals surface area (Å²) in [6.45, 7) is 3.26. The molecule has 0 aliphatic heterocycles. The number of hydrogen-bond donors (Lipinski definition) is 0. The number of hydrogen-bond acceptors (Lipinski definition) is 8. The molecule has 0 aromatic heterocycles. The molecule has 0 atom stereocenters. The Morgan fingerprint density at radius 1 is 0.781 bits per heavy atom. The molecule has 0 aliphatic carbocycles. The molecule has 32 heavy (non-hydrogen) atoms. The molecular weight excluding hydrogens is 422 g/mol. The van der Waals surface area contributed by atoms with Crippen LogP contribution >= 0.6 is 11.8 Å². The van der Waals surface area contributed by atoms with Crippen LogP contribution in [0, 0.1) is 81.8 Å². The minimum absolute atomic E-state index is 0.150. The second kappa shape index (κ2) is 9.24. The van der Waals surface area contributed by atoms with E-state index in [1.807, 2.05) is 0 Å². The van der Waals surface area contributed by atoms with Crippen molar-refractivity contribution in [1.29, 1.82) is 31.6 Å². The summed E-state index contributed by atoms with van der Waals surface area (Å²) in [5.41, 5.74) is 6.44. The van der Waals surface area contributed by atoms with E-state index in [0.717, 1.165) is 11.8 Å². The Kier molecular flexibility index (Phi) is 6.73. The summed E-state index contributed by atoms with van der Waals surface area (Å²) in [5, 5.41) is 60.4. The first-order valence-electron chi connectivity index (χ1n) is 8.77. The first kappa shape index (κ1) is 23.3. The Hall–Kier alpha value is -4.96. The van der Waals surface area contributed by atoms with E-state index in [1.54, 1.807) is 62.4 Å². The molecule has 10 heteroatoms. The highest BCUT2D eigenvalue weighted by molar-refractivity contribution is 7.99. The quantitative estimate of drug-likeness (QED) is 0.359. The van der Waals surface area contributed by atoms with Gasteiger partial charge in [-0.3, -0.25) is 0 Å². The zero-order chi connectivity index (χ0) is 23.9. The molecular formula is C22H11N9S. The Balaban J connectivity index is 2.75. The van der Waals surface area contributed by atoms with E-state index in [2.05, 4.69) is 10.0 Å². The topological polar surface area (TPSA) is 192 Å². The van der Waals surface area contributed by atoms with Crippen LogP contribution in [0.2, 0.25) is 0 Å². The molecule has 0 bridgehead atoms. The van der Waals surface area contributed by atoms with Gasteiger partial charge in [-0.15, -0.1) is 0 Å². The Bertz CT molecular complexity index is 1340. The van der Waals surface area contributed by atoms with E-state index in [1.165, 1.54) is 18.2 Å². The summed E-state index contributed by atoms with van der Waals surface area (Å²) >= 11 is 1.07. The predicted molar refractivity (Wildman–Crippen MR) is 112 cm³/mol. The average Bonchev–Trinajstić information content (AvgIpc) is 2.81. The molecule has 0 fully saturated rings. The van der Waals surface area contributed by atoms with E-state index < -0.39 is 10.8 Å². The SMILES string of the molecule is Cc1ccc(Sc2cc(C(C#N)(C#N)C#N)c(C)cc2N=[N+]=[N-])cc1C(C#N)(C#N)C#N. The number of azide groups is 1.